The van der Waals surface area contributed by atoms with Crippen LogP contribution in [-0.4, -0.2) is 17.1 Å². The van der Waals surface area contributed by atoms with Gasteiger partial charge in [0.2, 0.25) is 0 Å². The summed E-state index contributed by atoms with van der Waals surface area (Å²) < 4.78 is 20.0. The van der Waals surface area contributed by atoms with Crippen LogP contribution in [0.15, 0.2) is 24.3 Å². The molecular formula is C11H12FIO. The topological polar surface area (TPSA) is 9.23 Å². The van der Waals surface area contributed by atoms with E-state index in [9.17, 15) is 4.39 Å². The van der Waals surface area contributed by atoms with E-state index in [2.05, 4.69) is 22.6 Å². The van der Waals surface area contributed by atoms with Gasteiger partial charge in [-0.3, -0.25) is 0 Å². The summed E-state index contributed by atoms with van der Waals surface area (Å²) in [7, 11) is 0. The highest BCUT2D eigenvalue weighted by Gasteiger charge is 2.27. The molecule has 0 radical (unpaired) electrons. The molecule has 1 aliphatic heterocycles. The van der Waals surface area contributed by atoms with E-state index in [0.717, 1.165) is 16.4 Å². The third-order valence-corrected chi connectivity index (χ3v) is 3.58. The molecule has 3 heteroatoms. The minimum Gasteiger partial charge on any atom is -0.377 e. The highest BCUT2D eigenvalue weighted by molar-refractivity contribution is 14.1. The molecule has 2 atom stereocenters. The van der Waals surface area contributed by atoms with Crippen LogP contribution >= 0.6 is 22.6 Å². The summed E-state index contributed by atoms with van der Waals surface area (Å²) in [5.74, 6) is 0.145. The minimum atomic E-state index is -0.102. The molecule has 0 aromatic heterocycles. The van der Waals surface area contributed by atoms with Gasteiger partial charge in [0, 0.05) is 10.3 Å². The van der Waals surface area contributed by atoms with E-state index in [1.807, 2.05) is 12.1 Å². The fraction of sp³-hybridized carbons (Fsp3) is 0.455. The van der Waals surface area contributed by atoms with Crippen molar-refractivity contribution in [2.45, 2.75) is 18.4 Å². The molecule has 1 saturated heterocycles. The number of hydrogen-bond donors (Lipinski definition) is 0. The molecule has 1 aromatic rings. The molecule has 14 heavy (non-hydrogen) atoms. The zero-order valence-electron chi connectivity index (χ0n) is 7.75. The summed E-state index contributed by atoms with van der Waals surface area (Å²) in [6, 6.07) is 6.99. The monoisotopic (exact) mass is 306 g/mol. The van der Waals surface area contributed by atoms with E-state index in [1.54, 1.807) is 6.07 Å². The predicted octanol–water partition coefficient (Wildman–Crippen LogP) is 3.13. The van der Waals surface area contributed by atoms with Crippen molar-refractivity contribution in [3.63, 3.8) is 0 Å². The molecule has 0 N–H and O–H groups in total. The predicted molar refractivity (Wildman–Crippen MR) is 62.4 cm³/mol. The molecular weight excluding hydrogens is 294 g/mol. The van der Waals surface area contributed by atoms with Gasteiger partial charge in [-0.1, -0.05) is 40.8 Å². The second-order valence-electron chi connectivity index (χ2n) is 3.56. The zero-order valence-corrected chi connectivity index (χ0v) is 9.91. The van der Waals surface area contributed by atoms with Crippen molar-refractivity contribution in [1.82, 2.24) is 0 Å². The summed E-state index contributed by atoms with van der Waals surface area (Å²) >= 11 is 2.31. The quantitative estimate of drug-likeness (QED) is 0.602. The Morgan fingerprint density at radius 1 is 1.43 bits per heavy atom. The number of ether oxygens (including phenoxy) is 1. The SMILES string of the molecule is Fc1ccccc1[C@@H]1CO[C@@H](CI)C1. The lowest BCUT2D eigenvalue weighted by Crippen LogP contribution is -2.05. The maximum atomic E-state index is 13.4. The maximum Gasteiger partial charge on any atom is 0.126 e. The van der Waals surface area contributed by atoms with Crippen LogP contribution in [0.2, 0.25) is 0 Å². The molecule has 0 spiro atoms. The van der Waals surface area contributed by atoms with Crippen LogP contribution in [0, 0.1) is 5.82 Å². The van der Waals surface area contributed by atoms with Gasteiger partial charge in [-0.25, -0.2) is 4.39 Å². The molecule has 2 rings (SSSR count). The highest BCUT2D eigenvalue weighted by Crippen LogP contribution is 2.31. The Bertz CT molecular complexity index is 316. The Morgan fingerprint density at radius 2 is 2.21 bits per heavy atom. The molecule has 1 nitrogen and oxygen atoms in total. The van der Waals surface area contributed by atoms with Gasteiger partial charge < -0.3 is 4.74 Å². The molecule has 1 aromatic carbocycles. The first-order valence-electron chi connectivity index (χ1n) is 4.73. The normalized spacial score (nSPS) is 26.7. The van der Waals surface area contributed by atoms with E-state index < -0.39 is 0 Å². The number of alkyl halides is 1. The van der Waals surface area contributed by atoms with E-state index in [1.165, 1.54) is 6.07 Å². The van der Waals surface area contributed by atoms with Gasteiger partial charge in [-0.15, -0.1) is 0 Å². The molecule has 1 heterocycles. The standard InChI is InChI=1S/C11H12FIO/c12-11-4-2-1-3-10(11)8-5-9(6-13)14-7-8/h1-4,8-9H,5-7H2/t8-,9+/m0/s1. The van der Waals surface area contributed by atoms with Crippen LogP contribution in [0.25, 0.3) is 0 Å². The van der Waals surface area contributed by atoms with Crippen molar-refractivity contribution in [2.24, 2.45) is 0 Å². The smallest absolute Gasteiger partial charge is 0.126 e. The molecule has 1 aliphatic rings. The fourth-order valence-electron chi connectivity index (χ4n) is 1.84. The summed E-state index contributed by atoms with van der Waals surface area (Å²) in [5.41, 5.74) is 0.805. The summed E-state index contributed by atoms with van der Waals surface area (Å²) in [6.45, 7) is 0.661. The van der Waals surface area contributed by atoms with E-state index in [4.69, 9.17) is 4.74 Å². The Balaban J connectivity index is 2.13. The van der Waals surface area contributed by atoms with Gasteiger partial charge in [-0.05, 0) is 18.1 Å². The van der Waals surface area contributed by atoms with Gasteiger partial charge in [0.25, 0.3) is 0 Å². The Hall–Kier alpha value is -0.160. The highest BCUT2D eigenvalue weighted by atomic mass is 127. The second kappa shape index (κ2) is 4.57. The first-order valence-corrected chi connectivity index (χ1v) is 6.26. The maximum absolute atomic E-state index is 13.4. The van der Waals surface area contributed by atoms with Gasteiger partial charge in [-0.2, -0.15) is 0 Å². The lowest BCUT2D eigenvalue weighted by Gasteiger charge is -2.08. The average Bonchev–Trinajstić information content (AvgIpc) is 2.67. The number of rotatable bonds is 2. The fourth-order valence-corrected chi connectivity index (χ4v) is 2.45. The first-order chi connectivity index (χ1) is 6.81. The van der Waals surface area contributed by atoms with Crippen LogP contribution in [0.4, 0.5) is 4.39 Å². The summed E-state index contributed by atoms with van der Waals surface area (Å²) in [6.07, 6.45) is 1.25. The van der Waals surface area contributed by atoms with Crippen molar-refractivity contribution < 1.29 is 9.13 Å². The van der Waals surface area contributed by atoms with Gasteiger partial charge >= 0.3 is 0 Å². The van der Waals surface area contributed by atoms with Crippen molar-refractivity contribution in [3.8, 4) is 0 Å². The molecule has 76 valence electrons. The molecule has 0 bridgehead atoms. The largest absolute Gasteiger partial charge is 0.377 e. The third kappa shape index (κ3) is 2.08. The Morgan fingerprint density at radius 3 is 2.86 bits per heavy atom. The van der Waals surface area contributed by atoms with Crippen LogP contribution in [0.5, 0.6) is 0 Å². The summed E-state index contributed by atoms with van der Waals surface area (Å²) in [5, 5.41) is 0. The lowest BCUT2D eigenvalue weighted by molar-refractivity contribution is 0.129. The molecule has 0 saturated carbocycles. The zero-order chi connectivity index (χ0) is 9.97. The van der Waals surface area contributed by atoms with Crippen molar-refractivity contribution >= 4 is 22.6 Å². The van der Waals surface area contributed by atoms with Gasteiger partial charge in [0.05, 0.1) is 12.7 Å². The van der Waals surface area contributed by atoms with Crippen LogP contribution in [0.3, 0.4) is 0 Å². The Labute approximate surface area is 96.8 Å². The lowest BCUT2D eigenvalue weighted by atomic mass is 9.96. The molecule has 0 unspecified atom stereocenters. The number of hydrogen-bond acceptors (Lipinski definition) is 1. The van der Waals surface area contributed by atoms with Gasteiger partial charge in [0.1, 0.15) is 5.82 Å². The van der Waals surface area contributed by atoms with Gasteiger partial charge in [0.15, 0.2) is 0 Å². The van der Waals surface area contributed by atoms with Crippen molar-refractivity contribution in [2.75, 3.05) is 11.0 Å². The second-order valence-corrected chi connectivity index (χ2v) is 4.44. The number of halogens is 2. The Kier molecular flexibility index (Phi) is 3.38. The van der Waals surface area contributed by atoms with E-state index in [0.29, 0.717) is 12.7 Å². The summed E-state index contributed by atoms with van der Waals surface area (Å²) in [4.78, 5) is 0. The minimum absolute atomic E-state index is 0.102. The number of benzene rings is 1. The first kappa shape index (κ1) is 10.4. The molecule has 0 amide bonds. The third-order valence-electron chi connectivity index (χ3n) is 2.60. The van der Waals surface area contributed by atoms with E-state index >= 15 is 0 Å². The van der Waals surface area contributed by atoms with Crippen molar-refractivity contribution in [1.29, 1.82) is 0 Å². The van der Waals surface area contributed by atoms with Crippen LogP contribution < -0.4 is 0 Å². The molecule has 1 fully saturated rings. The van der Waals surface area contributed by atoms with Crippen LogP contribution in [-0.2, 0) is 4.74 Å². The van der Waals surface area contributed by atoms with E-state index in [-0.39, 0.29) is 11.7 Å². The van der Waals surface area contributed by atoms with Crippen LogP contribution in [0.1, 0.15) is 17.9 Å². The van der Waals surface area contributed by atoms with Crippen molar-refractivity contribution in [3.05, 3.63) is 35.6 Å². The molecule has 0 aliphatic carbocycles. The average molecular weight is 306 g/mol.